The Balaban J connectivity index is 1.60. The summed E-state index contributed by atoms with van der Waals surface area (Å²) in [5, 5.41) is 2.94. The molecule has 0 bridgehead atoms. The number of carbonyl (C=O) groups excluding carboxylic acids is 2. The standard InChI is InChI=1S/C18H22N4O2/c1-3-17-19-8-11-21(17)9-7-18(24)20-15-4-5-16-14(12-15)6-10-22(16)13(2)23/h4-5,8,11-12H,3,6-7,9-10H2,1-2H3,(H,20,24). The van der Waals surface area contributed by atoms with E-state index in [4.69, 9.17) is 0 Å². The van der Waals surface area contributed by atoms with Crippen LogP contribution < -0.4 is 10.2 Å². The summed E-state index contributed by atoms with van der Waals surface area (Å²) in [5.41, 5.74) is 2.84. The third kappa shape index (κ3) is 3.32. The second kappa shape index (κ2) is 6.86. The first-order chi connectivity index (χ1) is 11.6. The number of carbonyl (C=O) groups is 2. The van der Waals surface area contributed by atoms with Crippen LogP contribution in [0, 0.1) is 0 Å². The van der Waals surface area contributed by atoms with Gasteiger partial charge in [0.25, 0.3) is 0 Å². The molecule has 3 rings (SSSR count). The van der Waals surface area contributed by atoms with Gasteiger partial charge in [-0.05, 0) is 30.2 Å². The minimum atomic E-state index is -0.0212. The van der Waals surface area contributed by atoms with Crippen molar-refractivity contribution in [3.05, 3.63) is 42.0 Å². The smallest absolute Gasteiger partial charge is 0.226 e. The zero-order valence-electron chi connectivity index (χ0n) is 14.1. The van der Waals surface area contributed by atoms with Crippen molar-refractivity contribution in [2.75, 3.05) is 16.8 Å². The molecule has 0 fully saturated rings. The molecule has 2 heterocycles. The van der Waals surface area contributed by atoms with Gasteiger partial charge in [0.05, 0.1) is 0 Å². The van der Waals surface area contributed by atoms with Gasteiger partial charge < -0.3 is 14.8 Å². The lowest BCUT2D eigenvalue weighted by Crippen LogP contribution is -2.25. The van der Waals surface area contributed by atoms with E-state index in [1.165, 1.54) is 0 Å². The lowest BCUT2D eigenvalue weighted by Gasteiger charge is -2.15. The molecule has 0 atom stereocenters. The number of nitrogens with zero attached hydrogens (tertiary/aromatic N) is 3. The van der Waals surface area contributed by atoms with Crippen molar-refractivity contribution < 1.29 is 9.59 Å². The zero-order chi connectivity index (χ0) is 17.1. The molecule has 1 aliphatic heterocycles. The van der Waals surface area contributed by atoms with E-state index in [0.29, 0.717) is 19.5 Å². The first-order valence-electron chi connectivity index (χ1n) is 8.29. The Bertz CT molecular complexity index is 766. The number of anilines is 2. The van der Waals surface area contributed by atoms with Gasteiger partial charge in [-0.25, -0.2) is 4.98 Å². The van der Waals surface area contributed by atoms with Gasteiger partial charge >= 0.3 is 0 Å². The average Bonchev–Trinajstić information content (AvgIpc) is 3.18. The first kappa shape index (κ1) is 16.2. The molecule has 6 heteroatoms. The van der Waals surface area contributed by atoms with Gasteiger partial charge in [-0.15, -0.1) is 0 Å². The average molecular weight is 326 g/mol. The van der Waals surface area contributed by atoms with E-state index in [0.717, 1.165) is 35.6 Å². The summed E-state index contributed by atoms with van der Waals surface area (Å²) in [7, 11) is 0. The Morgan fingerprint density at radius 2 is 2.17 bits per heavy atom. The van der Waals surface area contributed by atoms with Crippen LogP contribution in [0.5, 0.6) is 0 Å². The van der Waals surface area contributed by atoms with Crippen molar-refractivity contribution in [3.63, 3.8) is 0 Å². The normalized spacial score (nSPS) is 13.0. The Hall–Kier alpha value is -2.63. The fourth-order valence-corrected chi connectivity index (χ4v) is 3.11. The number of hydrogen-bond acceptors (Lipinski definition) is 3. The quantitative estimate of drug-likeness (QED) is 0.917. The fraction of sp³-hybridized carbons (Fsp3) is 0.389. The summed E-state index contributed by atoms with van der Waals surface area (Å²) in [4.78, 5) is 29.8. The second-order valence-electron chi connectivity index (χ2n) is 5.95. The van der Waals surface area contributed by atoms with Crippen molar-refractivity contribution >= 4 is 23.2 Å². The highest BCUT2D eigenvalue weighted by Gasteiger charge is 2.22. The summed E-state index contributed by atoms with van der Waals surface area (Å²) in [6.45, 7) is 4.96. The number of rotatable bonds is 5. The maximum Gasteiger partial charge on any atom is 0.226 e. The number of nitrogens with one attached hydrogen (secondary N) is 1. The number of aryl methyl sites for hydroxylation is 2. The zero-order valence-corrected chi connectivity index (χ0v) is 14.1. The van der Waals surface area contributed by atoms with E-state index >= 15 is 0 Å². The predicted octanol–water partition coefficient (Wildman–Crippen LogP) is 2.38. The van der Waals surface area contributed by atoms with Crippen LogP contribution in [0.1, 0.15) is 31.7 Å². The summed E-state index contributed by atoms with van der Waals surface area (Å²) in [6.07, 6.45) is 5.75. The number of amides is 2. The molecule has 0 saturated heterocycles. The fourth-order valence-electron chi connectivity index (χ4n) is 3.11. The molecule has 1 aliphatic rings. The number of benzene rings is 1. The van der Waals surface area contributed by atoms with Gasteiger partial charge in [0.15, 0.2) is 0 Å². The van der Waals surface area contributed by atoms with Crippen molar-refractivity contribution in [1.29, 1.82) is 0 Å². The Kier molecular flexibility index (Phi) is 4.64. The molecule has 1 N–H and O–H groups in total. The van der Waals surface area contributed by atoms with Crippen LogP contribution in [0.25, 0.3) is 0 Å². The number of aromatic nitrogens is 2. The van der Waals surface area contributed by atoms with E-state index in [9.17, 15) is 9.59 Å². The van der Waals surface area contributed by atoms with Crippen LogP contribution in [0.15, 0.2) is 30.6 Å². The van der Waals surface area contributed by atoms with Gasteiger partial charge in [0, 0.05) is 56.6 Å². The molecule has 6 nitrogen and oxygen atoms in total. The molecular weight excluding hydrogens is 304 g/mol. The highest BCUT2D eigenvalue weighted by atomic mass is 16.2. The van der Waals surface area contributed by atoms with Crippen molar-refractivity contribution in [3.8, 4) is 0 Å². The molecule has 1 aromatic heterocycles. The summed E-state index contributed by atoms with van der Waals surface area (Å²) in [5.74, 6) is 1.02. The maximum atomic E-state index is 12.2. The van der Waals surface area contributed by atoms with Crippen LogP contribution in [0.2, 0.25) is 0 Å². The van der Waals surface area contributed by atoms with E-state index in [2.05, 4.69) is 10.3 Å². The lowest BCUT2D eigenvalue weighted by molar-refractivity contribution is -0.117. The third-order valence-corrected chi connectivity index (χ3v) is 4.34. The largest absolute Gasteiger partial charge is 0.334 e. The molecule has 126 valence electrons. The summed E-state index contributed by atoms with van der Waals surface area (Å²) < 4.78 is 2.01. The van der Waals surface area contributed by atoms with E-state index < -0.39 is 0 Å². The Morgan fingerprint density at radius 1 is 1.33 bits per heavy atom. The van der Waals surface area contributed by atoms with Gasteiger partial charge in [-0.2, -0.15) is 0 Å². The van der Waals surface area contributed by atoms with Gasteiger partial charge in [0.2, 0.25) is 11.8 Å². The molecule has 0 spiro atoms. The SMILES string of the molecule is CCc1nccn1CCC(=O)Nc1ccc2c(c1)CCN2C(C)=O. The number of fused-ring (bicyclic) bond motifs is 1. The molecule has 2 amide bonds. The monoisotopic (exact) mass is 326 g/mol. The third-order valence-electron chi connectivity index (χ3n) is 4.34. The molecule has 24 heavy (non-hydrogen) atoms. The molecular formula is C18H22N4O2. The van der Waals surface area contributed by atoms with Crippen molar-refractivity contribution in [1.82, 2.24) is 9.55 Å². The Labute approximate surface area is 141 Å². The van der Waals surface area contributed by atoms with Crippen LogP contribution in [-0.4, -0.2) is 27.9 Å². The van der Waals surface area contributed by atoms with Gasteiger partial charge in [-0.1, -0.05) is 6.92 Å². The number of hydrogen-bond donors (Lipinski definition) is 1. The van der Waals surface area contributed by atoms with E-state index in [1.807, 2.05) is 35.9 Å². The first-order valence-corrected chi connectivity index (χ1v) is 8.29. The van der Waals surface area contributed by atoms with Crippen LogP contribution >= 0.6 is 0 Å². The summed E-state index contributed by atoms with van der Waals surface area (Å²) >= 11 is 0. The number of imidazole rings is 1. The molecule has 0 unspecified atom stereocenters. The van der Waals surface area contributed by atoms with Crippen LogP contribution in [0.3, 0.4) is 0 Å². The second-order valence-corrected chi connectivity index (χ2v) is 5.95. The lowest BCUT2D eigenvalue weighted by atomic mass is 10.1. The Morgan fingerprint density at radius 3 is 2.92 bits per heavy atom. The highest BCUT2D eigenvalue weighted by molar-refractivity contribution is 5.95. The maximum absolute atomic E-state index is 12.2. The topological polar surface area (TPSA) is 67.2 Å². The summed E-state index contributed by atoms with van der Waals surface area (Å²) in [6, 6.07) is 5.72. The van der Waals surface area contributed by atoms with Crippen LogP contribution in [-0.2, 0) is 29.0 Å². The highest BCUT2D eigenvalue weighted by Crippen LogP contribution is 2.30. The van der Waals surface area contributed by atoms with Crippen molar-refractivity contribution in [2.24, 2.45) is 0 Å². The van der Waals surface area contributed by atoms with E-state index in [1.54, 1.807) is 18.0 Å². The minimum absolute atomic E-state index is 0.0212. The minimum Gasteiger partial charge on any atom is -0.334 e. The van der Waals surface area contributed by atoms with Gasteiger partial charge in [0.1, 0.15) is 5.82 Å². The molecule has 0 aliphatic carbocycles. The van der Waals surface area contributed by atoms with E-state index in [-0.39, 0.29) is 11.8 Å². The molecule has 2 aromatic rings. The molecule has 0 saturated carbocycles. The van der Waals surface area contributed by atoms with Crippen molar-refractivity contribution in [2.45, 2.75) is 39.7 Å². The van der Waals surface area contributed by atoms with Gasteiger partial charge in [-0.3, -0.25) is 9.59 Å². The molecule has 0 radical (unpaired) electrons. The van der Waals surface area contributed by atoms with Crippen LogP contribution in [0.4, 0.5) is 11.4 Å². The molecule has 1 aromatic carbocycles. The predicted molar refractivity (Wildman–Crippen MR) is 93.0 cm³/mol.